The van der Waals surface area contributed by atoms with Gasteiger partial charge in [-0.25, -0.2) is 0 Å². The van der Waals surface area contributed by atoms with Crippen LogP contribution in [0.15, 0.2) is 129 Å². The molecule has 0 fully saturated rings. The van der Waals surface area contributed by atoms with Gasteiger partial charge in [-0.2, -0.15) is 0 Å². The molecule has 0 saturated carbocycles. The number of nitrogens with one attached hydrogen (secondary N) is 2. The predicted octanol–water partition coefficient (Wildman–Crippen LogP) is 9.02. The molecule has 3 heteroatoms. The van der Waals surface area contributed by atoms with Crippen molar-refractivity contribution in [2.45, 2.75) is 102 Å². The third kappa shape index (κ3) is 5.46. The van der Waals surface area contributed by atoms with E-state index in [0.29, 0.717) is 17.9 Å². The van der Waals surface area contributed by atoms with Gasteiger partial charge >= 0.3 is 0 Å². The fourth-order valence-electron chi connectivity index (χ4n) is 8.38. The van der Waals surface area contributed by atoms with Crippen molar-refractivity contribution in [1.29, 1.82) is 0 Å². The highest BCUT2D eigenvalue weighted by Gasteiger charge is 2.39. The fourth-order valence-corrected chi connectivity index (χ4v) is 8.38. The van der Waals surface area contributed by atoms with Crippen molar-refractivity contribution < 1.29 is 4.74 Å². The van der Waals surface area contributed by atoms with Crippen LogP contribution in [-0.2, 0) is 4.74 Å². The first-order chi connectivity index (χ1) is 21.3. The summed E-state index contributed by atoms with van der Waals surface area (Å²) in [5, 5.41) is 7.90. The lowest BCUT2D eigenvalue weighted by Gasteiger charge is -2.38. The van der Waals surface area contributed by atoms with Gasteiger partial charge in [-0.15, -0.1) is 0 Å². The highest BCUT2D eigenvalue weighted by Crippen LogP contribution is 2.47. The lowest BCUT2D eigenvalue weighted by molar-refractivity contribution is 0.118. The molecular formula is C40H46N2O. The maximum atomic E-state index is 6.63. The van der Waals surface area contributed by atoms with Crippen molar-refractivity contribution in [3.05, 3.63) is 129 Å². The normalized spacial score (nSPS) is 33.5. The molecule has 0 aromatic heterocycles. The van der Waals surface area contributed by atoms with E-state index < -0.39 is 0 Å². The van der Waals surface area contributed by atoms with Crippen LogP contribution in [0.2, 0.25) is 0 Å². The maximum Gasteiger partial charge on any atom is 0.126 e. The Balaban J connectivity index is 1.04. The summed E-state index contributed by atoms with van der Waals surface area (Å²) in [7, 11) is 0. The van der Waals surface area contributed by atoms with E-state index in [9.17, 15) is 0 Å². The zero-order valence-electron chi connectivity index (χ0n) is 25.5. The van der Waals surface area contributed by atoms with Crippen LogP contribution in [0.3, 0.4) is 0 Å². The number of hydrogen-bond acceptors (Lipinski definition) is 3. The Morgan fingerprint density at radius 1 is 0.767 bits per heavy atom. The smallest absolute Gasteiger partial charge is 0.126 e. The second kappa shape index (κ2) is 12.0. The van der Waals surface area contributed by atoms with Gasteiger partial charge in [-0.3, -0.25) is 5.32 Å². The van der Waals surface area contributed by atoms with Crippen molar-refractivity contribution in [3.8, 4) is 0 Å². The molecule has 43 heavy (non-hydrogen) atoms. The Kier molecular flexibility index (Phi) is 7.61. The minimum atomic E-state index is 0.143. The van der Waals surface area contributed by atoms with Gasteiger partial charge in [-0.05, 0) is 123 Å². The Bertz CT molecular complexity index is 1500. The highest BCUT2D eigenvalue weighted by atomic mass is 16.5. The van der Waals surface area contributed by atoms with Crippen LogP contribution in [0.1, 0.15) is 83.5 Å². The van der Waals surface area contributed by atoms with E-state index in [1.165, 1.54) is 65.0 Å². The molecule has 6 aliphatic carbocycles. The first kappa shape index (κ1) is 27.3. The third-order valence-corrected chi connectivity index (χ3v) is 10.8. The topological polar surface area (TPSA) is 33.3 Å². The number of rotatable bonds is 5. The Hall–Kier alpha value is -3.30. The summed E-state index contributed by atoms with van der Waals surface area (Å²) in [6.45, 7) is 0. The molecule has 5 unspecified atom stereocenters. The second-order valence-corrected chi connectivity index (χ2v) is 13.5. The Labute approximate surface area is 258 Å². The van der Waals surface area contributed by atoms with E-state index in [1.807, 2.05) is 0 Å². The van der Waals surface area contributed by atoms with E-state index >= 15 is 0 Å². The van der Waals surface area contributed by atoms with Gasteiger partial charge in [0, 0.05) is 23.1 Å². The number of hydrogen-bond donors (Lipinski definition) is 2. The van der Waals surface area contributed by atoms with E-state index in [2.05, 4.69) is 89.6 Å². The van der Waals surface area contributed by atoms with Crippen LogP contribution >= 0.6 is 0 Å². The average Bonchev–Trinajstić information content (AvgIpc) is 3.48. The molecule has 2 N–H and O–H groups in total. The molecule has 0 spiro atoms. The molecule has 0 amide bonds. The molecular weight excluding hydrogens is 524 g/mol. The van der Waals surface area contributed by atoms with Crippen LogP contribution in [0.25, 0.3) is 0 Å². The molecule has 8 aliphatic rings. The summed E-state index contributed by atoms with van der Waals surface area (Å²) in [5.74, 6) is 2.12. The first-order valence-electron chi connectivity index (χ1n) is 17.2. The summed E-state index contributed by atoms with van der Waals surface area (Å²) in [4.78, 5) is 0. The number of allylic oxidation sites excluding steroid dienone is 13. The van der Waals surface area contributed by atoms with Crippen molar-refractivity contribution >= 4 is 0 Å². The largest absolute Gasteiger partial charge is 0.489 e. The van der Waals surface area contributed by atoms with E-state index in [4.69, 9.17) is 4.74 Å². The van der Waals surface area contributed by atoms with Crippen molar-refractivity contribution in [1.82, 2.24) is 10.6 Å². The number of fused-ring (bicyclic) bond motifs is 2. The molecule has 0 bridgehead atoms. The van der Waals surface area contributed by atoms with E-state index in [1.54, 1.807) is 11.1 Å². The third-order valence-electron chi connectivity index (χ3n) is 10.8. The van der Waals surface area contributed by atoms with Crippen molar-refractivity contribution in [2.24, 2.45) is 11.8 Å². The van der Waals surface area contributed by atoms with Crippen LogP contribution < -0.4 is 10.6 Å². The summed E-state index contributed by atoms with van der Waals surface area (Å²) < 4.78 is 6.63. The van der Waals surface area contributed by atoms with E-state index in [0.717, 1.165) is 57.8 Å². The van der Waals surface area contributed by atoms with E-state index in [-0.39, 0.29) is 12.2 Å². The SMILES string of the molecule is C1=CC(C2NC(C3C=CC(C4=CCCCC4)=CC3)=CC(C3=CC=C(C4=CCCC5=C4OC4CCC=CC54)CC3)N2)=CCC1. The molecule has 2 heterocycles. The van der Waals surface area contributed by atoms with Crippen molar-refractivity contribution in [2.75, 3.05) is 0 Å². The van der Waals surface area contributed by atoms with Crippen LogP contribution in [0.5, 0.6) is 0 Å². The van der Waals surface area contributed by atoms with Gasteiger partial charge in [0.05, 0.1) is 6.04 Å². The minimum absolute atomic E-state index is 0.143. The van der Waals surface area contributed by atoms with Gasteiger partial charge in [0.2, 0.25) is 0 Å². The average molecular weight is 571 g/mol. The Morgan fingerprint density at radius 3 is 2.58 bits per heavy atom. The van der Waals surface area contributed by atoms with Gasteiger partial charge in [0.15, 0.2) is 0 Å². The van der Waals surface area contributed by atoms with Crippen LogP contribution in [0, 0.1) is 11.8 Å². The van der Waals surface area contributed by atoms with Gasteiger partial charge in [0.1, 0.15) is 18.0 Å². The highest BCUT2D eigenvalue weighted by molar-refractivity contribution is 5.54. The van der Waals surface area contributed by atoms with Gasteiger partial charge in [-0.1, -0.05) is 72.9 Å². The second-order valence-electron chi connectivity index (χ2n) is 13.5. The molecule has 2 aliphatic heterocycles. The quantitative estimate of drug-likeness (QED) is 0.324. The van der Waals surface area contributed by atoms with Crippen LogP contribution in [-0.4, -0.2) is 18.3 Å². The molecule has 0 aromatic rings. The summed E-state index contributed by atoms with van der Waals surface area (Å²) >= 11 is 0. The Morgan fingerprint density at radius 2 is 1.77 bits per heavy atom. The summed E-state index contributed by atoms with van der Waals surface area (Å²) in [5.41, 5.74) is 11.6. The zero-order chi connectivity index (χ0) is 28.6. The summed E-state index contributed by atoms with van der Waals surface area (Å²) in [6.07, 6.45) is 47.1. The number of ether oxygens (including phenoxy) is 1. The molecule has 0 aromatic carbocycles. The molecule has 0 radical (unpaired) electrons. The van der Waals surface area contributed by atoms with Gasteiger partial charge < -0.3 is 10.1 Å². The first-order valence-corrected chi connectivity index (χ1v) is 17.2. The lowest BCUT2D eigenvalue weighted by atomic mass is 9.80. The molecule has 8 rings (SSSR count). The fraction of sp³-hybridized carbons (Fsp3) is 0.450. The molecule has 222 valence electrons. The predicted molar refractivity (Wildman–Crippen MR) is 177 cm³/mol. The maximum absolute atomic E-state index is 6.63. The molecule has 3 nitrogen and oxygen atoms in total. The zero-order valence-corrected chi connectivity index (χ0v) is 25.5. The van der Waals surface area contributed by atoms with Crippen molar-refractivity contribution in [3.63, 3.8) is 0 Å². The van der Waals surface area contributed by atoms with Crippen LogP contribution in [0.4, 0.5) is 0 Å². The molecule has 0 saturated heterocycles. The monoisotopic (exact) mass is 570 g/mol. The lowest BCUT2D eigenvalue weighted by Crippen LogP contribution is -2.53. The minimum Gasteiger partial charge on any atom is -0.489 e. The summed E-state index contributed by atoms with van der Waals surface area (Å²) in [6, 6.07) is 0.237. The van der Waals surface area contributed by atoms with Gasteiger partial charge in [0.25, 0.3) is 0 Å². The molecule has 5 atom stereocenters. The standard InChI is InChI=1S/C40H46N2O/c1-3-10-27(11-4-1)28-18-22-30(23-19-28)36-26-37(42-40(41-36)32-12-5-2-6-13-32)31-24-20-29(21-25-31)33-15-9-16-35-34-14-7-8-17-38(34)43-39(33)35/h5,7,10,12-15,18-20,22,24,26,30,34,37-38,40-42H,1-4,6,8-9,11,16-17,21,23,25H2.